The zero-order valence-corrected chi connectivity index (χ0v) is 16.1. The molecular weight excluding hydrogens is 312 g/mol. The molecule has 0 bridgehead atoms. The van der Waals surface area contributed by atoms with Crippen molar-refractivity contribution in [1.29, 1.82) is 0 Å². The minimum atomic E-state index is -0.130. The summed E-state index contributed by atoms with van der Waals surface area (Å²) in [6, 6.07) is 0. The van der Waals surface area contributed by atoms with Crippen molar-refractivity contribution in [3.05, 3.63) is 11.6 Å². The number of carbonyl (C=O) groups is 2. The molecule has 25 heavy (non-hydrogen) atoms. The number of esters is 1. The quantitative estimate of drug-likeness (QED) is 0.648. The van der Waals surface area contributed by atoms with Crippen LogP contribution in [-0.2, 0) is 14.3 Å². The van der Waals surface area contributed by atoms with E-state index in [0.29, 0.717) is 30.0 Å². The molecule has 4 aliphatic carbocycles. The van der Waals surface area contributed by atoms with Gasteiger partial charge in [-0.25, -0.2) is 0 Å². The second-order valence-electron chi connectivity index (χ2n) is 9.66. The normalized spacial score (nSPS) is 48.9. The summed E-state index contributed by atoms with van der Waals surface area (Å²) in [6.45, 7) is 8.64. The number of hydrogen-bond donors (Lipinski definition) is 0. The van der Waals surface area contributed by atoms with Gasteiger partial charge < -0.3 is 4.74 Å². The van der Waals surface area contributed by atoms with Gasteiger partial charge in [-0.05, 0) is 73.7 Å². The molecule has 138 valence electrons. The lowest BCUT2D eigenvalue weighted by molar-refractivity contribution is -0.157. The topological polar surface area (TPSA) is 43.4 Å². The Hall–Kier alpha value is -1.12. The van der Waals surface area contributed by atoms with Gasteiger partial charge in [-0.1, -0.05) is 26.3 Å². The summed E-state index contributed by atoms with van der Waals surface area (Å²) in [5.41, 5.74) is 1.77. The fraction of sp³-hybridized carbons (Fsp3) is 0.818. The predicted molar refractivity (Wildman–Crippen MR) is 96.8 cm³/mol. The molecule has 0 aromatic heterocycles. The van der Waals surface area contributed by atoms with Crippen LogP contribution in [0.3, 0.4) is 0 Å². The number of rotatable bonds is 1. The SMILES string of the molecule is CC(=O)O[C@H]1CC[C@H]2[C@@H]3CCC4=CC(=O)C[C@@H](C)[C@]4(C)[C@H]3CC[C@]12C. The van der Waals surface area contributed by atoms with Crippen LogP contribution in [0.2, 0.25) is 0 Å². The van der Waals surface area contributed by atoms with Crippen LogP contribution >= 0.6 is 0 Å². The third-order valence-electron chi connectivity index (χ3n) is 8.73. The Morgan fingerprint density at radius 3 is 2.64 bits per heavy atom. The third-order valence-corrected chi connectivity index (χ3v) is 8.73. The van der Waals surface area contributed by atoms with Crippen molar-refractivity contribution in [2.75, 3.05) is 0 Å². The molecule has 0 spiro atoms. The van der Waals surface area contributed by atoms with Crippen molar-refractivity contribution >= 4 is 11.8 Å². The van der Waals surface area contributed by atoms with E-state index in [2.05, 4.69) is 20.8 Å². The molecule has 3 saturated carbocycles. The van der Waals surface area contributed by atoms with Gasteiger partial charge in [-0.15, -0.1) is 0 Å². The minimum absolute atomic E-state index is 0.103. The summed E-state index contributed by atoms with van der Waals surface area (Å²) in [5.74, 6) is 2.72. The molecule has 3 heteroatoms. The average molecular weight is 344 g/mol. The number of ketones is 1. The van der Waals surface area contributed by atoms with Gasteiger partial charge in [0.05, 0.1) is 0 Å². The second-order valence-corrected chi connectivity index (χ2v) is 9.66. The second kappa shape index (κ2) is 5.69. The lowest BCUT2D eigenvalue weighted by Crippen LogP contribution is -2.53. The van der Waals surface area contributed by atoms with E-state index in [-0.39, 0.29) is 22.9 Å². The highest BCUT2D eigenvalue weighted by molar-refractivity contribution is 5.92. The standard InChI is InChI=1S/C22H32O3/c1-13-11-16(24)12-15-5-6-17-18-7-8-20(25-14(2)23)21(18,3)10-9-19(17)22(13,15)4/h12-13,17-20H,5-11H2,1-4H3/t13-,17+,18+,19+,20+,21+,22+/m1/s1. The monoisotopic (exact) mass is 344 g/mol. The number of fused-ring (bicyclic) bond motifs is 5. The maximum absolute atomic E-state index is 12.1. The van der Waals surface area contributed by atoms with Crippen LogP contribution in [0.4, 0.5) is 0 Å². The Kier molecular flexibility index (Phi) is 3.94. The van der Waals surface area contributed by atoms with Crippen LogP contribution in [0.1, 0.15) is 72.6 Å². The fourth-order valence-electron chi connectivity index (χ4n) is 7.29. The molecule has 3 fully saturated rings. The zero-order valence-electron chi connectivity index (χ0n) is 16.1. The van der Waals surface area contributed by atoms with Gasteiger partial charge in [0.2, 0.25) is 0 Å². The van der Waals surface area contributed by atoms with Gasteiger partial charge >= 0.3 is 5.97 Å². The van der Waals surface area contributed by atoms with Gasteiger partial charge in [0, 0.05) is 18.8 Å². The highest BCUT2D eigenvalue weighted by Crippen LogP contribution is 2.66. The Bertz CT molecular complexity index is 635. The first-order valence-electron chi connectivity index (χ1n) is 10.2. The number of carbonyl (C=O) groups excluding carboxylic acids is 2. The summed E-state index contributed by atoms with van der Waals surface area (Å²) in [7, 11) is 0. The molecule has 4 rings (SSSR count). The summed E-state index contributed by atoms with van der Waals surface area (Å²) in [4.78, 5) is 23.6. The Labute approximate surface area is 151 Å². The molecule has 0 aromatic carbocycles. The maximum Gasteiger partial charge on any atom is 0.302 e. The van der Waals surface area contributed by atoms with Crippen LogP contribution in [-0.4, -0.2) is 17.9 Å². The Morgan fingerprint density at radius 2 is 1.92 bits per heavy atom. The molecule has 0 heterocycles. The lowest BCUT2D eigenvalue weighted by atomic mass is 9.45. The van der Waals surface area contributed by atoms with Crippen molar-refractivity contribution in [3.8, 4) is 0 Å². The summed E-state index contributed by atoms with van der Waals surface area (Å²) >= 11 is 0. The third kappa shape index (κ3) is 2.37. The van der Waals surface area contributed by atoms with E-state index in [9.17, 15) is 9.59 Å². The first-order valence-corrected chi connectivity index (χ1v) is 10.2. The van der Waals surface area contributed by atoms with Gasteiger partial charge in [0.25, 0.3) is 0 Å². The van der Waals surface area contributed by atoms with E-state index >= 15 is 0 Å². The molecule has 0 saturated heterocycles. The van der Waals surface area contributed by atoms with Crippen LogP contribution in [0.5, 0.6) is 0 Å². The Morgan fingerprint density at radius 1 is 1.16 bits per heavy atom. The number of hydrogen-bond acceptors (Lipinski definition) is 3. The molecule has 0 aromatic rings. The van der Waals surface area contributed by atoms with Gasteiger partial charge in [-0.3, -0.25) is 9.59 Å². The average Bonchev–Trinajstić information content (AvgIpc) is 2.85. The maximum atomic E-state index is 12.1. The molecule has 3 nitrogen and oxygen atoms in total. The summed E-state index contributed by atoms with van der Waals surface area (Å²) < 4.78 is 5.74. The smallest absolute Gasteiger partial charge is 0.302 e. The van der Waals surface area contributed by atoms with E-state index in [1.54, 1.807) is 6.92 Å². The van der Waals surface area contributed by atoms with E-state index in [4.69, 9.17) is 4.74 Å². The molecule has 0 amide bonds. The van der Waals surface area contributed by atoms with Crippen LogP contribution < -0.4 is 0 Å². The highest BCUT2D eigenvalue weighted by atomic mass is 16.5. The molecule has 0 aliphatic heterocycles. The molecule has 0 radical (unpaired) electrons. The minimum Gasteiger partial charge on any atom is -0.462 e. The first-order chi connectivity index (χ1) is 11.8. The lowest BCUT2D eigenvalue weighted by Gasteiger charge is -2.59. The van der Waals surface area contributed by atoms with Crippen molar-refractivity contribution in [1.82, 2.24) is 0 Å². The van der Waals surface area contributed by atoms with Crippen LogP contribution in [0.25, 0.3) is 0 Å². The van der Waals surface area contributed by atoms with Gasteiger partial charge in [0.1, 0.15) is 6.10 Å². The molecule has 4 aliphatic rings. The molecule has 0 N–H and O–H groups in total. The van der Waals surface area contributed by atoms with Crippen molar-refractivity contribution in [3.63, 3.8) is 0 Å². The van der Waals surface area contributed by atoms with E-state index < -0.39 is 0 Å². The van der Waals surface area contributed by atoms with Crippen molar-refractivity contribution in [2.24, 2.45) is 34.5 Å². The van der Waals surface area contributed by atoms with Crippen LogP contribution in [0.15, 0.2) is 11.6 Å². The summed E-state index contributed by atoms with van der Waals surface area (Å²) in [6.07, 6.45) is 9.67. The number of allylic oxidation sites excluding steroid dienone is 1. The molecule has 0 unspecified atom stereocenters. The highest BCUT2D eigenvalue weighted by Gasteiger charge is 2.61. The van der Waals surface area contributed by atoms with Crippen molar-refractivity contribution < 1.29 is 14.3 Å². The van der Waals surface area contributed by atoms with E-state index in [1.807, 2.05) is 6.08 Å². The Balaban J connectivity index is 1.65. The largest absolute Gasteiger partial charge is 0.462 e. The van der Waals surface area contributed by atoms with E-state index in [1.165, 1.54) is 24.8 Å². The zero-order chi connectivity index (χ0) is 18.0. The number of ether oxygens (including phenoxy) is 1. The van der Waals surface area contributed by atoms with Gasteiger partial charge in [-0.2, -0.15) is 0 Å². The van der Waals surface area contributed by atoms with E-state index in [0.717, 1.165) is 25.2 Å². The predicted octanol–water partition coefficient (Wildman–Crippen LogP) is 4.70. The first kappa shape index (κ1) is 17.3. The molecular formula is C22H32O3. The fourth-order valence-corrected chi connectivity index (χ4v) is 7.29. The summed E-state index contributed by atoms with van der Waals surface area (Å²) in [5, 5.41) is 0. The van der Waals surface area contributed by atoms with Gasteiger partial charge in [0.15, 0.2) is 5.78 Å². The van der Waals surface area contributed by atoms with Crippen molar-refractivity contribution in [2.45, 2.75) is 78.7 Å². The van der Waals surface area contributed by atoms with Crippen LogP contribution in [0, 0.1) is 34.5 Å². The molecule has 7 atom stereocenters.